The van der Waals surface area contributed by atoms with Gasteiger partial charge in [0.25, 0.3) is 5.91 Å². The zero-order valence-electron chi connectivity index (χ0n) is 19.4. The molecule has 0 spiro atoms. The number of urea groups is 1. The summed E-state index contributed by atoms with van der Waals surface area (Å²) in [6.07, 6.45) is 1.90. The molecule has 178 valence electrons. The Morgan fingerprint density at radius 1 is 0.939 bits per heavy atom. The summed E-state index contributed by atoms with van der Waals surface area (Å²) < 4.78 is 0. The third-order valence-electron chi connectivity index (χ3n) is 5.21. The molecule has 0 aliphatic rings. The summed E-state index contributed by atoms with van der Waals surface area (Å²) in [5.74, 6) is -1.54. The number of aliphatic carboxylic acids is 1. The highest BCUT2D eigenvalue weighted by molar-refractivity contribution is 5.99. The molecule has 2 rings (SSSR count). The number of carbonyl (C=O) groups is 3. The van der Waals surface area contributed by atoms with Crippen molar-refractivity contribution in [1.29, 1.82) is 0 Å². The number of carbonyl (C=O) groups excluding carboxylic acids is 2. The van der Waals surface area contributed by atoms with E-state index >= 15 is 0 Å². The van der Waals surface area contributed by atoms with Gasteiger partial charge in [0.05, 0.1) is 5.69 Å². The average molecular weight is 456 g/mol. The third kappa shape index (κ3) is 8.57. The van der Waals surface area contributed by atoms with Gasteiger partial charge in [0, 0.05) is 12.1 Å². The maximum atomic E-state index is 12.9. The van der Waals surface area contributed by atoms with Gasteiger partial charge in [-0.3, -0.25) is 14.8 Å². The fourth-order valence-corrected chi connectivity index (χ4v) is 3.28. The highest BCUT2D eigenvalue weighted by Crippen LogP contribution is 2.23. The van der Waals surface area contributed by atoms with Gasteiger partial charge >= 0.3 is 12.0 Å². The van der Waals surface area contributed by atoms with Crippen LogP contribution in [0.3, 0.4) is 0 Å². The predicted octanol–water partition coefficient (Wildman–Crippen LogP) is 4.93. The van der Waals surface area contributed by atoms with E-state index in [9.17, 15) is 19.6 Å². The number of carboxylic acid groups (broad SMARTS) is 1. The first-order chi connectivity index (χ1) is 15.6. The largest absolute Gasteiger partial charge is 0.481 e. The Labute approximate surface area is 194 Å². The topological polar surface area (TPSA) is 119 Å². The standard InChI is InChI=1S/C25H33N3O5/c1-25(2,3)18-14-16-19(17-15-18)26-24(32)27-21(12-8-5-9-13-22(29)30)23(31)28(33)20-10-6-4-7-11-20/h4,6-7,10-11,14-17,21,33H,5,8-9,12-13H2,1-3H3,(H,29,30)(H2,26,27,32)/t21-/m0/s1. The molecule has 4 N–H and O–H groups in total. The van der Waals surface area contributed by atoms with E-state index in [1.807, 2.05) is 12.1 Å². The minimum atomic E-state index is -0.978. The molecule has 0 fully saturated rings. The van der Waals surface area contributed by atoms with Gasteiger partial charge in [-0.05, 0) is 48.1 Å². The number of hydrogen-bond acceptors (Lipinski definition) is 4. The minimum absolute atomic E-state index is 0.0129. The van der Waals surface area contributed by atoms with Crippen molar-refractivity contribution in [2.45, 2.75) is 64.3 Å². The van der Waals surface area contributed by atoms with Crippen LogP contribution in [0, 0.1) is 0 Å². The van der Waals surface area contributed by atoms with Crippen LogP contribution in [0.25, 0.3) is 0 Å². The van der Waals surface area contributed by atoms with Crippen molar-refractivity contribution in [1.82, 2.24) is 5.32 Å². The van der Waals surface area contributed by atoms with E-state index in [2.05, 4.69) is 31.4 Å². The molecule has 0 saturated carbocycles. The van der Waals surface area contributed by atoms with Crippen LogP contribution in [0.2, 0.25) is 0 Å². The molecule has 1 atom stereocenters. The quantitative estimate of drug-likeness (QED) is 0.230. The molecule has 0 saturated heterocycles. The molecule has 0 aromatic heterocycles. The number of unbranched alkanes of at least 4 members (excludes halogenated alkanes) is 2. The molecule has 3 amide bonds. The van der Waals surface area contributed by atoms with E-state index in [1.165, 1.54) is 0 Å². The molecule has 0 aliphatic heterocycles. The maximum absolute atomic E-state index is 12.9. The number of carboxylic acids is 1. The van der Waals surface area contributed by atoms with Gasteiger partial charge in [-0.2, -0.15) is 5.06 Å². The first-order valence-corrected chi connectivity index (χ1v) is 11.1. The number of nitrogens with one attached hydrogen (secondary N) is 2. The lowest BCUT2D eigenvalue weighted by molar-refractivity contribution is -0.137. The normalized spacial score (nSPS) is 12.0. The zero-order valence-corrected chi connectivity index (χ0v) is 19.4. The van der Waals surface area contributed by atoms with Crippen molar-refractivity contribution in [3.05, 3.63) is 60.2 Å². The van der Waals surface area contributed by atoms with E-state index in [4.69, 9.17) is 5.11 Å². The SMILES string of the molecule is CC(C)(C)c1ccc(NC(=O)N[C@@H](CCCCCC(=O)O)C(=O)N(O)c2ccccc2)cc1. The number of amides is 3. The van der Waals surface area contributed by atoms with Gasteiger partial charge < -0.3 is 15.7 Å². The number of hydroxylamine groups is 1. The summed E-state index contributed by atoms with van der Waals surface area (Å²) in [5.41, 5.74) is 1.98. The molecule has 0 heterocycles. The minimum Gasteiger partial charge on any atom is -0.481 e. The molecule has 0 unspecified atom stereocenters. The van der Waals surface area contributed by atoms with Crippen LogP contribution in [0.1, 0.15) is 58.4 Å². The Bertz CT molecular complexity index is 923. The molecular weight excluding hydrogens is 422 g/mol. The average Bonchev–Trinajstić information content (AvgIpc) is 2.77. The third-order valence-corrected chi connectivity index (χ3v) is 5.21. The lowest BCUT2D eigenvalue weighted by Gasteiger charge is -2.23. The molecule has 0 radical (unpaired) electrons. The fourth-order valence-electron chi connectivity index (χ4n) is 3.28. The van der Waals surface area contributed by atoms with E-state index in [0.29, 0.717) is 35.7 Å². The molecule has 2 aromatic rings. The summed E-state index contributed by atoms with van der Waals surface area (Å²) >= 11 is 0. The van der Waals surface area contributed by atoms with Crippen LogP contribution >= 0.6 is 0 Å². The second-order valence-electron chi connectivity index (χ2n) is 8.96. The Kier molecular flexibility index (Phi) is 9.42. The summed E-state index contributed by atoms with van der Waals surface area (Å²) in [7, 11) is 0. The van der Waals surface area contributed by atoms with Crippen molar-refractivity contribution in [2.24, 2.45) is 0 Å². The van der Waals surface area contributed by atoms with Crippen molar-refractivity contribution in [3.8, 4) is 0 Å². The first-order valence-electron chi connectivity index (χ1n) is 11.1. The van der Waals surface area contributed by atoms with Crippen LogP contribution in [0.15, 0.2) is 54.6 Å². The monoisotopic (exact) mass is 455 g/mol. The second-order valence-corrected chi connectivity index (χ2v) is 8.96. The first kappa shape index (κ1) is 25.9. The number of nitrogens with zero attached hydrogens (tertiary/aromatic N) is 1. The second kappa shape index (κ2) is 12.0. The number of benzene rings is 2. The Balaban J connectivity index is 2.04. The maximum Gasteiger partial charge on any atom is 0.319 e. The van der Waals surface area contributed by atoms with Crippen LogP contribution in [-0.2, 0) is 15.0 Å². The van der Waals surface area contributed by atoms with E-state index in [1.54, 1.807) is 42.5 Å². The molecule has 0 bridgehead atoms. The predicted molar refractivity (Wildman–Crippen MR) is 128 cm³/mol. The summed E-state index contributed by atoms with van der Waals surface area (Å²) in [4.78, 5) is 36.2. The van der Waals surface area contributed by atoms with Crippen LogP contribution < -0.4 is 15.7 Å². The molecule has 8 heteroatoms. The van der Waals surface area contributed by atoms with Gasteiger partial charge in [-0.15, -0.1) is 0 Å². The number of rotatable bonds is 10. The van der Waals surface area contributed by atoms with Crippen LogP contribution in [0.4, 0.5) is 16.2 Å². The summed E-state index contributed by atoms with van der Waals surface area (Å²) in [5, 5.41) is 25.0. The van der Waals surface area contributed by atoms with Gasteiger partial charge in [-0.1, -0.05) is 63.9 Å². The van der Waals surface area contributed by atoms with E-state index in [0.717, 1.165) is 5.56 Å². The van der Waals surface area contributed by atoms with Gasteiger partial charge in [-0.25, -0.2) is 4.79 Å². The highest BCUT2D eigenvalue weighted by Gasteiger charge is 2.26. The number of hydrogen-bond donors (Lipinski definition) is 4. The Morgan fingerprint density at radius 2 is 1.58 bits per heavy atom. The Morgan fingerprint density at radius 3 is 2.15 bits per heavy atom. The molecule has 2 aromatic carbocycles. The van der Waals surface area contributed by atoms with E-state index in [-0.39, 0.29) is 18.3 Å². The van der Waals surface area contributed by atoms with Gasteiger partial charge in [0.2, 0.25) is 0 Å². The molecule has 8 nitrogen and oxygen atoms in total. The summed E-state index contributed by atoms with van der Waals surface area (Å²) in [6, 6.07) is 14.2. The zero-order chi connectivity index (χ0) is 24.4. The Hall–Kier alpha value is -3.39. The number of anilines is 2. The van der Waals surface area contributed by atoms with Crippen LogP contribution in [-0.4, -0.2) is 34.3 Å². The van der Waals surface area contributed by atoms with E-state index < -0.39 is 23.9 Å². The summed E-state index contributed by atoms with van der Waals surface area (Å²) in [6.45, 7) is 6.30. The van der Waals surface area contributed by atoms with Gasteiger partial charge in [0.15, 0.2) is 0 Å². The molecule has 33 heavy (non-hydrogen) atoms. The fraction of sp³-hybridized carbons (Fsp3) is 0.400. The molecule has 0 aliphatic carbocycles. The highest BCUT2D eigenvalue weighted by atomic mass is 16.5. The smallest absolute Gasteiger partial charge is 0.319 e. The molecular formula is C25H33N3O5. The number of para-hydroxylation sites is 1. The van der Waals surface area contributed by atoms with Crippen LogP contribution in [0.5, 0.6) is 0 Å². The van der Waals surface area contributed by atoms with Crippen molar-refractivity contribution in [3.63, 3.8) is 0 Å². The lowest BCUT2D eigenvalue weighted by Crippen LogP contribution is -2.49. The lowest BCUT2D eigenvalue weighted by atomic mass is 9.87. The van der Waals surface area contributed by atoms with Crippen molar-refractivity contribution < 1.29 is 24.7 Å². The van der Waals surface area contributed by atoms with Crippen molar-refractivity contribution in [2.75, 3.05) is 10.4 Å². The van der Waals surface area contributed by atoms with Gasteiger partial charge in [0.1, 0.15) is 6.04 Å². The van der Waals surface area contributed by atoms with Crippen molar-refractivity contribution >= 4 is 29.3 Å².